The van der Waals surface area contributed by atoms with Crippen molar-refractivity contribution in [2.24, 2.45) is 23.7 Å². The number of anilines is 1. The van der Waals surface area contributed by atoms with E-state index in [4.69, 9.17) is 9.47 Å². The summed E-state index contributed by atoms with van der Waals surface area (Å²) in [5.74, 6) is 0.254. The predicted octanol–water partition coefficient (Wildman–Crippen LogP) is 5.61. The number of pyridine rings is 1. The van der Waals surface area contributed by atoms with Crippen LogP contribution < -0.4 is 16.0 Å². The van der Waals surface area contributed by atoms with Crippen molar-refractivity contribution >= 4 is 46.3 Å². The third-order valence-corrected chi connectivity index (χ3v) is 16.4. The van der Waals surface area contributed by atoms with E-state index in [1.54, 1.807) is 30.4 Å². The van der Waals surface area contributed by atoms with Gasteiger partial charge in [-0.15, -0.1) is 0 Å². The summed E-state index contributed by atoms with van der Waals surface area (Å²) >= 11 is 0. The number of halogens is 3. The number of carbonyl (C=O) groups excluding carboxylic acids is 5. The molecular formula is C53H73F3N10O7. The average molecular weight is 1020 g/mol. The number of alkyl halides is 3. The van der Waals surface area contributed by atoms with Crippen molar-refractivity contribution in [1.82, 2.24) is 45.2 Å². The van der Waals surface area contributed by atoms with Crippen molar-refractivity contribution in [3.63, 3.8) is 0 Å². The monoisotopic (exact) mass is 1020 g/mol. The first-order valence-corrected chi connectivity index (χ1v) is 26.3. The molecular weight excluding hydrogens is 946 g/mol. The molecule has 20 heteroatoms. The van der Waals surface area contributed by atoms with Gasteiger partial charge in [0.15, 0.2) is 0 Å². The highest BCUT2D eigenvalue weighted by atomic mass is 19.4. The summed E-state index contributed by atoms with van der Waals surface area (Å²) < 4.78 is 52.2. The molecule has 3 aliphatic heterocycles. The Morgan fingerprint density at radius 3 is 2.33 bits per heavy atom. The number of amides is 5. The van der Waals surface area contributed by atoms with Crippen LogP contribution in [-0.2, 0) is 39.6 Å². The molecule has 3 saturated heterocycles. The molecule has 6 atom stereocenters. The molecule has 5 amide bonds. The number of benzene rings is 1. The van der Waals surface area contributed by atoms with Gasteiger partial charge in [-0.1, -0.05) is 6.07 Å². The Hall–Kier alpha value is -5.47. The number of aromatic nitrogens is 3. The zero-order valence-electron chi connectivity index (χ0n) is 42.7. The Morgan fingerprint density at radius 2 is 1.62 bits per heavy atom. The summed E-state index contributed by atoms with van der Waals surface area (Å²) in [6.07, 6.45) is 8.65. The summed E-state index contributed by atoms with van der Waals surface area (Å²) in [6, 6.07) is 6.02. The van der Waals surface area contributed by atoms with Gasteiger partial charge in [-0.3, -0.25) is 29.0 Å². The van der Waals surface area contributed by atoms with Crippen LogP contribution >= 0.6 is 0 Å². The van der Waals surface area contributed by atoms with Crippen molar-refractivity contribution in [2.75, 3.05) is 72.0 Å². The first-order valence-electron chi connectivity index (χ1n) is 26.3. The van der Waals surface area contributed by atoms with Crippen molar-refractivity contribution in [3.8, 4) is 0 Å². The van der Waals surface area contributed by atoms with Gasteiger partial charge >= 0.3 is 6.18 Å². The Kier molecular flexibility index (Phi) is 17.9. The molecule has 1 aromatic carbocycles. The van der Waals surface area contributed by atoms with Gasteiger partial charge in [-0.2, -0.15) is 13.2 Å². The summed E-state index contributed by atoms with van der Waals surface area (Å²) in [5, 5.41) is 9.68. The Morgan fingerprint density at radius 1 is 0.877 bits per heavy atom. The molecule has 0 bridgehead atoms. The van der Waals surface area contributed by atoms with E-state index < -0.39 is 23.7 Å². The molecule has 8 rings (SSSR count). The van der Waals surface area contributed by atoms with Crippen LogP contribution in [0.4, 0.5) is 19.0 Å². The fourth-order valence-electron chi connectivity index (χ4n) is 12.0. The fraction of sp³-hybridized carbons (Fsp3) is 0.660. The van der Waals surface area contributed by atoms with Crippen molar-refractivity contribution in [1.29, 1.82) is 0 Å². The van der Waals surface area contributed by atoms with Crippen LogP contribution in [0.5, 0.6) is 0 Å². The maximum absolute atomic E-state index is 14.1. The van der Waals surface area contributed by atoms with Crippen LogP contribution in [0, 0.1) is 23.7 Å². The Labute approximate surface area is 426 Å². The van der Waals surface area contributed by atoms with E-state index in [-0.39, 0.29) is 77.2 Å². The highest BCUT2D eigenvalue weighted by Crippen LogP contribution is 2.40. The number of likely N-dealkylation sites (tertiary alicyclic amines) is 3. The normalized spacial score (nSPS) is 26.3. The lowest BCUT2D eigenvalue weighted by atomic mass is 9.72. The molecule has 0 spiro atoms. The van der Waals surface area contributed by atoms with Crippen LogP contribution in [0.3, 0.4) is 0 Å². The number of fused-ring (bicyclic) bond motifs is 1. The first kappa shape index (κ1) is 53.8. The molecule has 5 heterocycles. The minimum Gasteiger partial charge on any atom is -0.379 e. The zero-order chi connectivity index (χ0) is 51.8. The van der Waals surface area contributed by atoms with E-state index in [0.717, 1.165) is 69.1 Å². The Balaban J connectivity index is 0.732. The molecule has 2 aliphatic carbocycles. The second kappa shape index (κ2) is 24.3. The van der Waals surface area contributed by atoms with Crippen molar-refractivity contribution in [2.45, 2.75) is 133 Å². The number of nitrogens with one attached hydrogen (secondary N) is 3. The molecule has 2 aromatic heterocycles. The summed E-state index contributed by atoms with van der Waals surface area (Å²) in [5.41, 5.74) is 0.354. The second-order valence-electron chi connectivity index (χ2n) is 21.0. The molecule has 5 aliphatic rings. The summed E-state index contributed by atoms with van der Waals surface area (Å²) in [6.45, 7) is 7.74. The number of nitrogens with zero attached hydrogens (tertiary/aromatic N) is 7. The molecule has 2 saturated carbocycles. The second-order valence-corrected chi connectivity index (χ2v) is 21.0. The standard InChI is InChI=1S/C53H73F3N10O7/c1-33(2)63(3)39-12-14-45(66-23-17-43(52(66)71)61-49-40-28-38(53(54,55)56)11-13-42(40)59-32-60-49)44(29-39)62-50(69)36-9-7-34(8-10-36)35-15-21-65(22-16-35)46(67)18-24-72-26-27-73-25-20-58-51(70)41-30-47(68)64(4)48(41)37-6-5-19-57-31-37/h5-6,11,13,19,28,31-36,39,41,43-45,48H,7-10,12,14-18,20-27,29-30H2,1-4H3,(H,58,70)(H,62,69)(H,59,60,61)/t34-,36-,39-,41+,43+,44-,45+,48-/m1/s1. The highest BCUT2D eigenvalue weighted by molar-refractivity contribution is 5.93. The minimum atomic E-state index is -4.54. The first-order chi connectivity index (χ1) is 35.1. The van der Waals surface area contributed by atoms with E-state index in [2.05, 4.69) is 56.7 Å². The molecule has 0 radical (unpaired) electrons. The average Bonchev–Trinajstić information content (AvgIpc) is 3.91. The van der Waals surface area contributed by atoms with Gasteiger partial charge in [0.05, 0.1) is 68.0 Å². The summed E-state index contributed by atoms with van der Waals surface area (Å²) in [4.78, 5) is 87.0. The number of rotatable bonds is 19. The third kappa shape index (κ3) is 13.1. The topological polar surface area (TPSA) is 192 Å². The van der Waals surface area contributed by atoms with Crippen molar-refractivity contribution < 1.29 is 46.6 Å². The molecule has 3 N–H and O–H groups in total. The van der Waals surface area contributed by atoms with Crippen LogP contribution in [0.1, 0.15) is 108 Å². The fourth-order valence-corrected chi connectivity index (χ4v) is 12.0. The van der Waals surface area contributed by atoms with Crippen LogP contribution in [0.25, 0.3) is 10.9 Å². The molecule has 5 fully saturated rings. The summed E-state index contributed by atoms with van der Waals surface area (Å²) in [7, 11) is 3.82. The van der Waals surface area contributed by atoms with Gasteiger partial charge < -0.3 is 45.0 Å². The van der Waals surface area contributed by atoms with E-state index in [9.17, 15) is 37.1 Å². The number of hydrogen-bond donors (Lipinski definition) is 3. The molecule has 17 nitrogen and oxygen atoms in total. The smallest absolute Gasteiger partial charge is 0.379 e. The largest absolute Gasteiger partial charge is 0.416 e. The lowest BCUT2D eigenvalue weighted by molar-refractivity contribution is -0.137. The van der Waals surface area contributed by atoms with Crippen LogP contribution in [0.2, 0.25) is 0 Å². The molecule has 0 unspecified atom stereocenters. The highest BCUT2D eigenvalue weighted by Gasteiger charge is 2.45. The van der Waals surface area contributed by atoms with Gasteiger partial charge in [-0.25, -0.2) is 9.97 Å². The predicted molar refractivity (Wildman–Crippen MR) is 266 cm³/mol. The number of piperidine rings is 1. The quantitative estimate of drug-likeness (QED) is 0.126. The minimum absolute atomic E-state index is 0.0384. The van der Waals surface area contributed by atoms with E-state index in [1.165, 1.54) is 12.4 Å². The molecule has 3 aromatic rings. The van der Waals surface area contributed by atoms with Gasteiger partial charge in [0.25, 0.3) is 0 Å². The van der Waals surface area contributed by atoms with Crippen LogP contribution in [-0.4, -0.2) is 161 Å². The van der Waals surface area contributed by atoms with Gasteiger partial charge in [-0.05, 0) is 127 Å². The number of ether oxygens (including phenoxy) is 2. The molecule has 398 valence electrons. The van der Waals surface area contributed by atoms with Gasteiger partial charge in [0.2, 0.25) is 29.5 Å². The number of hydrogen-bond acceptors (Lipinski definition) is 12. The number of carbonyl (C=O) groups is 5. The zero-order valence-corrected chi connectivity index (χ0v) is 42.7. The lowest BCUT2D eigenvalue weighted by Gasteiger charge is -2.45. The van der Waals surface area contributed by atoms with Gasteiger partial charge in [0, 0.05) is 75.4 Å². The van der Waals surface area contributed by atoms with Gasteiger partial charge in [0.1, 0.15) is 18.2 Å². The maximum atomic E-state index is 14.1. The van der Waals surface area contributed by atoms with Crippen LogP contribution in [0.15, 0.2) is 49.1 Å². The third-order valence-electron chi connectivity index (χ3n) is 16.4. The lowest BCUT2D eigenvalue weighted by Crippen LogP contribution is -2.59. The Bertz CT molecular complexity index is 2380. The van der Waals surface area contributed by atoms with E-state index >= 15 is 0 Å². The van der Waals surface area contributed by atoms with E-state index in [0.29, 0.717) is 95.3 Å². The maximum Gasteiger partial charge on any atom is 0.416 e. The molecule has 73 heavy (non-hydrogen) atoms. The SMILES string of the molecule is CC(C)N(C)[C@@H]1CC[C@H](N2CC[C@H](Nc3ncnc4ccc(C(F)(F)F)cc34)C2=O)[C@H](NC(=O)[C@H]2CC[C@H](C3CCN(C(=O)CCOCCOCCNC(=O)[C@H]4CC(=O)N(C)[C@@H]4c4cccnc4)CC3)CC2)C1. The van der Waals surface area contributed by atoms with Crippen molar-refractivity contribution in [3.05, 3.63) is 60.2 Å². The van der Waals surface area contributed by atoms with E-state index in [1.807, 2.05) is 15.9 Å².